The van der Waals surface area contributed by atoms with E-state index in [0.717, 1.165) is 31.5 Å². The minimum atomic E-state index is -0.194. The standard InChI is InChI=1S/C14H20N2O/c1-14(7-9-15-10-8-14)13(17)16-11-12-5-3-2-4-6-12/h2-6,15H,7-11H2,1H3,(H,16,17). The maximum atomic E-state index is 12.2. The lowest BCUT2D eigenvalue weighted by Crippen LogP contribution is -2.45. The highest BCUT2D eigenvalue weighted by Gasteiger charge is 2.34. The van der Waals surface area contributed by atoms with Gasteiger partial charge in [0, 0.05) is 12.0 Å². The average molecular weight is 232 g/mol. The summed E-state index contributed by atoms with van der Waals surface area (Å²) < 4.78 is 0. The van der Waals surface area contributed by atoms with E-state index in [0.29, 0.717) is 6.54 Å². The molecule has 1 aliphatic heterocycles. The van der Waals surface area contributed by atoms with E-state index in [2.05, 4.69) is 17.6 Å². The third-order valence-corrected chi connectivity index (χ3v) is 3.55. The van der Waals surface area contributed by atoms with Crippen LogP contribution in [0.4, 0.5) is 0 Å². The Morgan fingerprint density at radius 1 is 1.29 bits per heavy atom. The van der Waals surface area contributed by atoms with Gasteiger partial charge in [0.2, 0.25) is 5.91 Å². The molecule has 0 bridgehead atoms. The zero-order chi connectivity index (χ0) is 12.1. The van der Waals surface area contributed by atoms with Crippen molar-refractivity contribution in [1.29, 1.82) is 0 Å². The fourth-order valence-electron chi connectivity index (χ4n) is 2.20. The van der Waals surface area contributed by atoms with E-state index in [-0.39, 0.29) is 11.3 Å². The smallest absolute Gasteiger partial charge is 0.226 e. The molecule has 1 fully saturated rings. The van der Waals surface area contributed by atoms with E-state index >= 15 is 0 Å². The summed E-state index contributed by atoms with van der Waals surface area (Å²) in [6.07, 6.45) is 1.85. The molecule has 2 rings (SSSR count). The highest BCUT2D eigenvalue weighted by atomic mass is 16.2. The van der Waals surface area contributed by atoms with E-state index in [4.69, 9.17) is 0 Å². The van der Waals surface area contributed by atoms with Gasteiger partial charge < -0.3 is 10.6 Å². The van der Waals surface area contributed by atoms with Crippen molar-refractivity contribution in [2.75, 3.05) is 13.1 Å². The Morgan fingerprint density at radius 3 is 2.59 bits per heavy atom. The van der Waals surface area contributed by atoms with Crippen molar-refractivity contribution in [2.24, 2.45) is 5.41 Å². The summed E-state index contributed by atoms with van der Waals surface area (Å²) >= 11 is 0. The fraction of sp³-hybridized carbons (Fsp3) is 0.500. The number of piperidine rings is 1. The zero-order valence-electron chi connectivity index (χ0n) is 10.3. The van der Waals surface area contributed by atoms with Crippen LogP contribution in [-0.4, -0.2) is 19.0 Å². The molecule has 17 heavy (non-hydrogen) atoms. The van der Waals surface area contributed by atoms with Crippen LogP contribution in [-0.2, 0) is 11.3 Å². The molecule has 1 aliphatic rings. The Balaban J connectivity index is 1.88. The summed E-state index contributed by atoms with van der Waals surface area (Å²) in [7, 11) is 0. The molecule has 3 nitrogen and oxygen atoms in total. The van der Waals surface area contributed by atoms with Gasteiger partial charge >= 0.3 is 0 Å². The summed E-state index contributed by atoms with van der Waals surface area (Å²) in [6.45, 7) is 4.57. The maximum Gasteiger partial charge on any atom is 0.226 e. The van der Waals surface area contributed by atoms with Gasteiger partial charge in [-0.05, 0) is 31.5 Å². The van der Waals surface area contributed by atoms with Gasteiger partial charge in [0.05, 0.1) is 0 Å². The fourth-order valence-corrected chi connectivity index (χ4v) is 2.20. The van der Waals surface area contributed by atoms with Gasteiger partial charge in [0.15, 0.2) is 0 Å². The first-order valence-electron chi connectivity index (χ1n) is 6.24. The molecule has 0 spiro atoms. The van der Waals surface area contributed by atoms with E-state index in [1.54, 1.807) is 0 Å². The molecule has 0 unspecified atom stereocenters. The second-order valence-corrected chi connectivity index (χ2v) is 4.98. The Labute approximate surface area is 103 Å². The van der Waals surface area contributed by atoms with Gasteiger partial charge in [-0.3, -0.25) is 4.79 Å². The molecule has 0 radical (unpaired) electrons. The second-order valence-electron chi connectivity index (χ2n) is 4.98. The normalized spacial score (nSPS) is 18.6. The molecule has 92 valence electrons. The van der Waals surface area contributed by atoms with Gasteiger partial charge in [0.25, 0.3) is 0 Å². The molecular formula is C14H20N2O. The molecular weight excluding hydrogens is 212 g/mol. The largest absolute Gasteiger partial charge is 0.352 e. The molecule has 1 heterocycles. The van der Waals surface area contributed by atoms with Crippen LogP contribution >= 0.6 is 0 Å². The van der Waals surface area contributed by atoms with Gasteiger partial charge in [-0.25, -0.2) is 0 Å². The minimum absolute atomic E-state index is 0.183. The SMILES string of the molecule is CC1(C(=O)NCc2ccccc2)CCNCC1. The third kappa shape index (κ3) is 3.07. The van der Waals surface area contributed by atoms with Gasteiger partial charge in [-0.15, -0.1) is 0 Å². The average Bonchev–Trinajstić information content (AvgIpc) is 2.38. The topological polar surface area (TPSA) is 41.1 Å². The molecule has 1 amide bonds. The van der Waals surface area contributed by atoms with E-state index in [9.17, 15) is 4.79 Å². The van der Waals surface area contributed by atoms with Crippen molar-refractivity contribution in [1.82, 2.24) is 10.6 Å². The second kappa shape index (κ2) is 5.32. The maximum absolute atomic E-state index is 12.2. The van der Waals surface area contributed by atoms with Gasteiger partial charge in [-0.1, -0.05) is 37.3 Å². The quantitative estimate of drug-likeness (QED) is 0.832. The molecule has 3 heteroatoms. The van der Waals surface area contributed by atoms with E-state index in [1.807, 2.05) is 30.3 Å². The summed E-state index contributed by atoms with van der Waals surface area (Å²) in [5.41, 5.74) is 0.957. The summed E-state index contributed by atoms with van der Waals surface area (Å²) in [4.78, 5) is 12.2. The van der Waals surface area contributed by atoms with Crippen molar-refractivity contribution in [2.45, 2.75) is 26.3 Å². The van der Waals surface area contributed by atoms with Crippen molar-refractivity contribution in [3.05, 3.63) is 35.9 Å². The van der Waals surface area contributed by atoms with Crippen LogP contribution in [0.15, 0.2) is 30.3 Å². The van der Waals surface area contributed by atoms with Crippen LogP contribution in [0.1, 0.15) is 25.3 Å². The minimum Gasteiger partial charge on any atom is -0.352 e. The number of hydrogen-bond acceptors (Lipinski definition) is 2. The monoisotopic (exact) mass is 232 g/mol. The molecule has 0 atom stereocenters. The van der Waals surface area contributed by atoms with Crippen molar-refractivity contribution in [3.8, 4) is 0 Å². The summed E-state index contributed by atoms with van der Waals surface area (Å²) in [5, 5.41) is 6.33. The molecule has 1 saturated heterocycles. The number of rotatable bonds is 3. The highest BCUT2D eigenvalue weighted by molar-refractivity contribution is 5.82. The van der Waals surface area contributed by atoms with Crippen molar-refractivity contribution in [3.63, 3.8) is 0 Å². The predicted octanol–water partition coefficient (Wildman–Crippen LogP) is 1.69. The first kappa shape index (κ1) is 12.1. The van der Waals surface area contributed by atoms with E-state index in [1.165, 1.54) is 0 Å². The first-order chi connectivity index (χ1) is 8.21. The van der Waals surface area contributed by atoms with Crippen LogP contribution in [0.25, 0.3) is 0 Å². The van der Waals surface area contributed by atoms with Crippen LogP contribution < -0.4 is 10.6 Å². The number of hydrogen-bond donors (Lipinski definition) is 2. The molecule has 0 saturated carbocycles. The summed E-state index contributed by atoms with van der Waals surface area (Å²) in [6, 6.07) is 10.0. The van der Waals surface area contributed by atoms with Crippen molar-refractivity contribution < 1.29 is 4.79 Å². The van der Waals surface area contributed by atoms with Crippen LogP contribution in [0, 0.1) is 5.41 Å². The predicted molar refractivity (Wildman–Crippen MR) is 68.5 cm³/mol. The van der Waals surface area contributed by atoms with Crippen LogP contribution in [0.3, 0.4) is 0 Å². The summed E-state index contributed by atoms with van der Waals surface area (Å²) in [5.74, 6) is 0.183. The Kier molecular flexibility index (Phi) is 3.79. The Morgan fingerprint density at radius 2 is 1.94 bits per heavy atom. The van der Waals surface area contributed by atoms with Crippen LogP contribution in [0.2, 0.25) is 0 Å². The van der Waals surface area contributed by atoms with Gasteiger partial charge in [0.1, 0.15) is 0 Å². The van der Waals surface area contributed by atoms with E-state index < -0.39 is 0 Å². The Bertz CT molecular complexity index is 369. The molecule has 0 aliphatic carbocycles. The lowest BCUT2D eigenvalue weighted by atomic mass is 9.80. The molecule has 0 aromatic heterocycles. The first-order valence-corrected chi connectivity index (χ1v) is 6.24. The molecule has 1 aromatic rings. The number of carbonyl (C=O) groups is 1. The molecule has 1 aromatic carbocycles. The number of benzene rings is 1. The van der Waals surface area contributed by atoms with Crippen LogP contribution in [0.5, 0.6) is 0 Å². The number of nitrogens with one attached hydrogen (secondary N) is 2. The van der Waals surface area contributed by atoms with Gasteiger partial charge in [-0.2, -0.15) is 0 Å². The lowest BCUT2D eigenvalue weighted by Gasteiger charge is -2.32. The highest BCUT2D eigenvalue weighted by Crippen LogP contribution is 2.27. The number of carbonyl (C=O) groups excluding carboxylic acids is 1. The lowest BCUT2D eigenvalue weighted by molar-refractivity contribution is -0.131. The van der Waals surface area contributed by atoms with Crippen molar-refractivity contribution >= 4 is 5.91 Å². The molecule has 2 N–H and O–H groups in total. The zero-order valence-corrected chi connectivity index (χ0v) is 10.3. The Hall–Kier alpha value is -1.35. The third-order valence-electron chi connectivity index (χ3n) is 3.55. The number of amides is 1.